The van der Waals surface area contributed by atoms with Crippen LogP contribution in [-0.4, -0.2) is 28.3 Å². The van der Waals surface area contributed by atoms with Crippen molar-refractivity contribution in [2.24, 2.45) is 0 Å². The Morgan fingerprint density at radius 2 is 2.12 bits per heavy atom. The minimum Gasteiger partial charge on any atom is -0.494 e. The highest BCUT2D eigenvalue weighted by molar-refractivity contribution is 8.03. The second-order valence-electron chi connectivity index (χ2n) is 3.92. The summed E-state index contributed by atoms with van der Waals surface area (Å²) in [6.07, 6.45) is 1.95. The van der Waals surface area contributed by atoms with Crippen molar-refractivity contribution in [1.29, 1.82) is 0 Å². The summed E-state index contributed by atoms with van der Waals surface area (Å²) < 4.78 is 5.42. The van der Waals surface area contributed by atoms with Gasteiger partial charge >= 0.3 is 0 Å². The van der Waals surface area contributed by atoms with Crippen molar-refractivity contribution in [3.8, 4) is 5.75 Å². The zero-order valence-electron chi connectivity index (χ0n) is 10.5. The average Bonchev–Trinajstić information content (AvgIpc) is 2.36. The Bertz CT molecular complexity index is 457. The van der Waals surface area contributed by atoms with Crippen LogP contribution < -0.4 is 20.3 Å². The second kappa shape index (κ2) is 4.79. The molecule has 0 amide bonds. The van der Waals surface area contributed by atoms with Crippen molar-refractivity contribution in [2.75, 3.05) is 38.5 Å². The first-order valence-electron chi connectivity index (χ1n) is 5.37. The topological polar surface area (TPSA) is 36.5 Å². The third kappa shape index (κ3) is 2.29. The monoisotopic (exact) mass is 251 g/mol. The lowest BCUT2D eigenvalue weighted by Crippen LogP contribution is -2.12. The van der Waals surface area contributed by atoms with Gasteiger partial charge in [0.1, 0.15) is 5.75 Å². The Morgan fingerprint density at radius 1 is 1.35 bits per heavy atom. The molecule has 0 atom stereocenters. The van der Waals surface area contributed by atoms with Crippen molar-refractivity contribution < 1.29 is 4.74 Å². The van der Waals surface area contributed by atoms with Gasteiger partial charge < -0.3 is 20.3 Å². The molecule has 0 unspecified atom stereocenters. The zero-order valence-corrected chi connectivity index (χ0v) is 11.3. The summed E-state index contributed by atoms with van der Waals surface area (Å²) in [7, 11) is 7.66. The molecule has 4 nitrogen and oxygen atoms in total. The Hall–Kier alpha value is -1.49. The molecule has 1 aromatic carbocycles. The molecule has 2 rings (SSSR count). The first-order valence-corrected chi connectivity index (χ1v) is 6.19. The fourth-order valence-corrected chi connectivity index (χ4v) is 2.52. The van der Waals surface area contributed by atoms with Crippen LogP contribution in [0.4, 0.5) is 11.4 Å². The normalized spacial score (nSPS) is 13.3. The minimum atomic E-state index is 0.866. The Morgan fingerprint density at radius 3 is 2.71 bits per heavy atom. The number of nitrogens with one attached hydrogen (secondary N) is 2. The van der Waals surface area contributed by atoms with E-state index in [0.717, 1.165) is 22.2 Å². The van der Waals surface area contributed by atoms with Gasteiger partial charge in [0.25, 0.3) is 0 Å². The van der Waals surface area contributed by atoms with Crippen LogP contribution in [0, 0.1) is 0 Å². The van der Waals surface area contributed by atoms with E-state index < -0.39 is 0 Å². The largest absolute Gasteiger partial charge is 0.494 e. The van der Waals surface area contributed by atoms with E-state index in [9.17, 15) is 0 Å². The molecule has 0 fully saturated rings. The van der Waals surface area contributed by atoms with E-state index in [-0.39, 0.29) is 0 Å². The number of benzene rings is 1. The van der Waals surface area contributed by atoms with Gasteiger partial charge in [-0.25, -0.2) is 0 Å². The molecule has 92 valence electrons. The summed E-state index contributed by atoms with van der Waals surface area (Å²) in [5.41, 5.74) is 2.16. The fourth-order valence-electron chi connectivity index (χ4n) is 1.63. The molecule has 2 N–H and O–H groups in total. The third-order valence-corrected chi connectivity index (χ3v) is 3.68. The summed E-state index contributed by atoms with van der Waals surface area (Å²) >= 11 is 1.70. The highest BCUT2D eigenvalue weighted by Gasteiger charge is 2.17. The highest BCUT2D eigenvalue weighted by Crippen LogP contribution is 2.43. The van der Waals surface area contributed by atoms with Crippen molar-refractivity contribution >= 4 is 23.1 Å². The van der Waals surface area contributed by atoms with Gasteiger partial charge in [-0.2, -0.15) is 0 Å². The lowest BCUT2D eigenvalue weighted by molar-refractivity contribution is 0.416. The van der Waals surface area contributed by atoms with Crippen LogP contribution in [0.5, 0.6) is 5.75 Å². The van der Waals surface area contributed by atoms with Crippen molar-refractivity contribution in [2.45, 2.75) is 4.90 Å². The summed E-state index contributed by atoms with van der Waals surface area (Å²) in [5.74, 6) is 0.866. The van der Waals surface area contributed by atoms with Crippen LogP contribution in [0.25, 0.3) is 0 Å². The molecule has 0 spiro atoms. The number of nitrogens with zero attached hydrogens (tertiary/aromatic N) is 1. The quantitative estimate of drug-likeness (QED) is 0.862. The number of fused-ring (bicyclic) bond motifs is 1. The average molecular weight is 251 g/mol. The van der Waals surface area contributed by atoms with Crippen LogP contribution in [0.1, 0.15) is 0 Å². The molecule has 5 heteroatoms. The van der Waals surface area contributed by atoms with Crippen LogP contribution in [0.2, 0.25) is 0 Å². The Balaban J connectivity index is 2.44. The summed E-state index contributed by atoms with van der Waals surface area (Å²) in [6.45, 7) is 0. The predicted octanol–water partition coefficient (Wildman–Crippen LogP) is 2.30. The molecule has 17 heavy (non-hydrogen) atoms. The maximum absolute atomic E-state index is 5.42. The molecule has 0 aliphatic carbocycles. The van der Waals surface area contributed by atoms with Crippen molar-refractivity contribution in [3.05, 3.63) is 23.4 Å². The molecular formula is C12H17N3OS. The predicted molar refractivity (Wildman–Crippen MR) is 73.9 cm³/mol. The maximum Gasteiger partial charge on any atom is 0.145 e. The highest BCUT2D eigenvalue weighted by atomic mass is 32.2. The van der Waals surface area contributed by atoms with E-state index >= 15 is 0 Å². The molecule has 0 saturated carbocycles. The number of methoxy groups -OCH3 is 1. The van der Waals surface area contributed by atoms with E-state index in [4.69, 9.17) is 4.74 Å². The van der Waals surface area contributed by atoms with Gasteiger partial charge in [0, 0.05) is 44.0 Å². The summed E-state index contributed by atoms with van der Waals surface area (Å²) in [4.78, 5) is 3.24. The molecule has 1 heterocycles. The number of hydrogen-bond donors (Lipinski definition) is 2. The lowest BCUT2D eigenvalue weighted by atomic mass is 10.2. The lowest BCUT2D eigenvalue weighted by Gasteiger charge is -2.23. The molecule has 0 aromatic heterocycles. The summed E-state index contributed by atoms with van der Waals surface area (Å²) in [5, 5.41) is 7.49. The molecule has 1 aromatic rings. The van der Waals surface area contributed by atoms with Gasteiger partial charge in [-0.3, -0.25) is 0 Å². The smallest absolute Gasteiger partial charge is 0.145 e. The number of ether oxygens (including phenoxy) is 1. The molecule has 0 saturated heterocycles. The number of anilines is 2. The van der Waals surface area contributed by atoms with Crippen LogP contribution >= 0.6 is 11.8 Å². The standard InChI is InChI=1S/C12H17N3OS/c1-13-11-7-14-12-9(16-4)5-8(15(2)3)6-10(12)17-11/h5-7,13-14H,1-4H3. The van der Waals surface area contributed by atoms with E-state index in [1.807, 2.05) is 33.4 Å². The van der Waals surface area contributed by atoms with Crippen LogP contribution in [0.15, 0.2) is 28.3 Å². The second-order valence-corrected chi connectivity index (χ2v) is 5.00. The maximum atomic E-state index is 5.42. The number of rotatable bonds is 3. The van der Waals surface area contributed by atoms with Gasteiger partial charge in [-0.05, 0) is 6.07 Å². The molecule has 0 radical (unpaired) electrons. The summed E-state index contributed by atoms with van der Waals surface area (Å²) in [6, 6.07) is 4.18. The first-order chi connectivity index (χ1) is 8.15. The van der Waals surface area contributed by atoms with Crippen LogP contribution in [0.3, 0.4) is 0 Å². The fraction of sp³-hybridized carbons (Fsp3) is 0.333. The Kier molecular flexibility index (Phi) is 3.38. The van der Waals surface area contributed by atoms with Gasteiger partial charge in [0.2, 0.25) is 0 Å². The van der Waals surface area contributed by atoms with Crippen molar-refractivity contribution in [3.63, 3.8) is 0 Å². The van der Waals surface area contributed by atoms with Crippen LogP contribution in [-0.2, 0) is 0 Å². The third-order valence-electron chi connectivity index (χ3n) is 2.60. The Labute approximate surface area is 106 Å². The van der Waals surface area contributed by atoms with E-state index in [1.165, 1.54) is 4.90 Å². The van der Waals surface area contributed by atoms with Gasteiger partial charge in [-0.15, -0.1) is 0 Å². The first kappa shape index (κ1) is 12.0. The molecular weight excluding hydrogens is 234 g/mol. The molecule has 1 aliphatic rings. The molecule has 1 aliphatic heterocycles. The van der Waals surface area contributed by atoms with Gasteiger partial charge in [0.15, 0.2) is 0 Å². The minimum absolute atomic E-state index is 0.866. The number of hydrogen-bond acceptors (Lipinski definition) is 5. The van der Waals surface area contributed by atoms with Gasteiger partial charge in [-0.1, -0.05) is 11.8 Å². The SMILES string of the molecule is CNC1=CNc2c(OC)cc(N(C)C)cc2S1. The van der Waals surface area contributed by atoms with Gasteiger partial charge in [0.05, 0.1) is 17.8 Å². The van der Waals surface area contributed by atoms with E-state index in [1.54, 1.807) is 18.9 Å². The van der Waals surface area contributed by atoms with Crippen molar-refractivity contribution in [1.82, 2.24) is 5.32 Å². The number of thioether (sulfide) groups is 1. The van der Waals surface area contributed by atoms with E-state index in [0.29, 0.717) is 0 Å². The molecule has 0 bridgehead atoms. The zero-order chi connectivity index (χ0) is 12.4. The van der Waals surface area contributed by atoms with E-state index in [2.05, 4.69) is 21.6 Å².